The molecule has 0 fully saturated rings. The van der Waals surface area contributed by atoms with Crippen molar-refractivity contribution in [3.63, 3.8) is 0 Å². The molecule has 4 nitrogen and oxygen atoms in total. The molecule has 0 aliphatic carbocycles. The number of aliphatic hydroxyl groups is 1. The number of hydrogen-bond donors (Lipinski definition) is 2. The summed E-state index contributed by atoms with van der Waals surface area (Å²) >= 11 is 3.47. The number of rotatable bonds is 8. The monoisotopic (exact) mass is 373 g/mol. The van der Waals surface area contributed by atoms with Gasteiger partial charge in [-0.15, -0.1) is 11.3 Å². The number of aliphatic hydroxyl groups excluding tert-OH is 1. The van der Waals surface area contributed by atoms with Gasteiger partial charge in [-0.25, -0.2) is 9.98 Å². The molecule has 3 rings (SSSR count). The topological polar surface area (TPSA) is 57.5 Å². The molecule has 2 N–H and O–H groups in total. The Labute approximate surface area is 157 Å². The number of thioether (sulfide) groups is 1. The smallest absolute Gasteiger partial charge is 0.171 e. The summed E-state index contributed by atoms with van der Waals surface area (Å²) in [5.41, 5.74) is 6.31. The Bertz CT molecular complexity index is 726. The number of aryl methyl sites for hydroxylation is 1. The second-order valence-electron chi connectivity index (χ2n) is 5.99. The minimum Gasteiger partial charge on any atom is -0.368 e. The third kappa shape index (κ3) is 5.42. The van der Waals surface area contributed by atoms with E-state index in [0.29, 0.717) is 0 Å². The average molecular weight is 374 g/mol. The molecule has 25 heavy (non-hydrogen) atoms. The molecule has 0 saturated heterocycles. The number of benzene rings is 1. The van der Waals surface area contributed by atoms with Gasteiger partial charge in [-0.1, -0.05) is 30.3 Å². The highest BCUT2D eigenvalue weighted by molar-refractivity contribution is 7.98. The summed E-state index contributed by atoms with van der Waals surface area (Å²) in [5.74, 6) is 2.76. The van der Waals surface area contributed by atoms with Gasteiger partial charge < -0.3 is 10.4 Å². The first-order valence-electron chi connectivity index (χ1n) is 8.42. The van der Waals surface area contributed by atoms with Crippen molar-refractivity contribution in [1.82, 2.24) is 10.3 Å². The summed E-state index contributed by atoms with van der Waals surface area (Å²) in [6.07, 6.45) is 1.85. The third-order valence-corrected chi connectivity index (χ3v) is 5.77. The maximum Gasteiger partial charge on any atom is 0.171 e. The predicted octanol–water partition coefficient (Wildman–Crippen LogP) is 3.99. The first-order valence-corrected chi connectivity index (χ1v) is 10.5. The van der Waals surface area contributed by atoms with E-state index >= 15 is 0 Å². The predicted molar refractivity (Wildman–Crippen MR) is 107 cm³/mol. The molecule has 2 aromatic rings. The lowest BCUT2D eigenvalue weighted by Crippen LogP contribution is -2.32. The van der Waals surface area contributed by atoms with Crippen LogP contribution >= 0.6 is 23.1 Å². The van der Waals surface area contributed by atoms with E-state index in [2.05, 4.69) is 32.8 Å². The van der Waals surface area contributed by atoms with E-state index in [9.17, 15) is 5.11 Å². The van der Waals surface area contributed by atoms with Crippen LogP contribution in [0.25, 0.3) is 0 Å². The molecule has 1 aliphatic rings. The highest BCUT2D eigenvalue weighted by Gasteiger charge is 2.19. The highest BCUT2D eigenvalue weighted by Crippen LogP contribution is 2.21. The Balaban J connectivity index is 1.46. The molecule has 1 aromatic carbocycles. The first-order chi connectivity index (χ1) is 12.2. The van der Waals surface area contributed by atoms with Gasteiger partial charge in [0.15, 0.2) is 6.23 Å². The van der Waals surface area contributed by atoms with Crippen molar-refractivity contribution in [2.75, 3.05) is 5.75 Å². The molecule has 0 saturated carbocycles. The molecular weight excluding hydrogens is 350 g/mol. The van der Waals surface area contributed by atoms with E-state index in [1.165, 1.54) is 5.56 Å². The van der Waals surface area contributed by atoms with Crippen molar-refractivity contribution >= 4 is 28.9 Å². The van der Waals surface area contributed by atoms with Crippen LogP contribution in [0, 0.1) is 0 Å². The fraction of sp³-hybridized carbons (Fsp3) is 0.368. The van der Waals surface area contributed by atoms with E-state index in [1.54, 1.807) is 11.3 Å². The summed E-state index contributed by atoms with van der Waals surface area (Å²) in [5, 5.41) is 15.8. The van der Waals surface area contributed by atoms with E-state index in [1.807, 2.05) is 42.4 Å². The molecule has 1 unspecified atom stereocenters. The number of amidine groups is 1. The van der Waals surface area contributed by atoms with Gasteiger partial charge in [0.05, 0.1) is 11.2 Å². The van der Waals surface area contributed by atoms with Crippen LogP contribution in [-0.4, -0.2) is 27.9 Å². The SMILES string of the molecule is CC1=C(CCc2ccccc2)C(O)N=C(CCSCc2cscn2)N1. The van der Waals surface area contributed by atoms with E-state index in [0.717, 1.165) is 53.6 Å². The van der Waals surface area contributed by atoms with Crippen molar-refractivity contribution in [2.45, 2.75) is 38.2 Å². The van der Waals surface area contributed by atoms with Crippen LogP contribution in [0.1, 0.15) is 31.0 Å². The summed E-state index contributed by atoms with van der Waals surface area (Å²) in [6.45, 7) is 2.03. The molecule has 2 heterocycles. The molecule has 0 spiro atoms. The maximum absolute atomic E-state index is 10.4. The van der Waals surface area contributed by atoms with Crippen LogP contribution in [0.15, 0.2) is 57.5 Å². The van der Waals surface area contributed by atoms with Gasteiger partial charge in [0.2, 0.25) is 0 Å². The van der Waals surface area contributed by atoms with Crippen LogP contribution in [0.4, 0.5) is 0 Å². The number of nitrogens with one attached hydrogen (secondary N) is 1. The zero-order valence-electron chi connectivity index (χ0n) is 14.3. The zero-order valence-corrected chi connectivity index (χ0v) is 15.9. The standard InChI is InChI=1S/C19H23N3OS2/c1-14-17(8-7-15-5-3-2-4-6-15)19(23)22-18(21-14)9-10-24-11-16-12-25-13-20-16/h2-6,12-13,19,23H,7-11H2,1H3,(H,21,22). The number of aromatic nitrogens is 1. The van der Waals surface area contributed by atoms with E-state index < -0.39 is 6.23 Å². The van der Waals surface area contributed by atoms with Gasteiger partial charge in [0.1, 0.15) is 5.84 Å². The summed E-state index contributed by atoms with van der Waals surface area (Å²) in [4.78, 5) is 8.72. The number of hydrogen-bond acceptors (Lipinski definition) is 6. The largest absolute Gasteiger partial charge is 0.368 e. The van der Waals surface area contributed by atoms with Crippen LogP contribution in [0.2, 0.25) is 0 Å². The lowest BCUT2D eigenvalue weighted by molar-refractivity contribution is 0.212. The van der Waals surface area contributed by atoms with Crippen LogP contribution in [-0.2, 0) is 12.2 Å². The fourth-order valence-corrected chi connectivity index (χ4v) is 4.28. The lowest BCUT2D eigenvalue weighted by Gasteiger charge is -2.24. The maximum atomic E-state index is 10.4. The molecule has 6 heteroatoms. The first kappa shape index (κ1) is 18.2. The molecule has 1 aromatic heterocycles. The minimum atomic E-state index is -0.719. The Morgan fingerprint density at radius 2 is 2.04 bits per heavy atom. The summed E-state index contributed by atoms with van der Waals surface area (Å²) in [7, 11) is 0. The highest BCUT2D eigenvalue weighted by atomic mass is 32.2. The third-order valence-electron chi connectivity index (χ3n) is 4.15. The molecule has 1 aliphatic heterocycles. The van der Waals surface area contributed by atoms with Crippen LogP contribution < -0.4 is 5.32 Å². The summed E-state index contributed by atoms with van der Waals surface area (Å²) in [6, 6.07) is 10.4. The zero-order chi connectivity index (χ0) is 17.5. The van der Waals surface area contributed by atoms with Crippen molar-refractivity contribution in [3.8, 4) is 0 Å². The Kier molecular flexibility index (Phi) is 6.67. The molecular formula is C19H23N3OS2. The quantitative estimate of drug-likeness (QED) is 0.687. The van der Waals surface area contributed by atoms with Gasteiger partial charge in [-0.2, -0.15) is 11.8 Å². The van der Waals surface area contributed by atoms with Gasteiger partial charge >= 0.3 is 0 Å². The second-order valence-corrected chi connectivity index (χ2v) is 7.82. The molecule has 0 radical (unpaired) electrons. The minimum absolute atomic E-state index is 0.719. The van der Waals surface area contributed by atoms with Crippen molar-refractivity contribution < 1.29 is 5.11 Å². The van der Waals surface area contributed by atoms with Crippen LogP contribution in [0.3, 0.4) is 0 Å². The molecule has 0 bridgehead atoms. The Morgan fingerprint density at radius 3 is 2.76 bits per heavy atom. The average Bonchev–Trinajstić information content (AvgIpc) is 3.12. The van der Waals surface area contributed by atoms with Crippen LogP contribution in [0.5, 0.6) is 0 Å². The van der Waals surface area contributed by atoms with Crippen molar-refractivity contribution in [2.24, 2.45) is 4.99 Å². The number of nitrogens with zero attached hydrogens (tertiary/aromatic N) is 2. The van der Waals surface area contributed by atoms with Gasteiger partial charge in [-0.3, -0.25) is 0 Å². The Hall–Kier alpha value is -1.63. The number of aliphatic imine (C=N–C) groups is 1. The summed E-state index contributed by atoms with van der Waals surface area (Å²) < 4.78 is 0. The van der Waals surface area contributed by atoms with Gasteiger partial charge in [-0.05, 0) is 30.9 Å². The normalized spacial score (nSPS) is 17.4. The molecule has 1 atom stereocenters. The lowest BCUT2D eigenvalue weighted by atomic mass is 10.0. The number of thiazole rings is 1. The molecule has 132 valence electrons. The number of allylic oxidation sites excluding steroid dienone is 1. The van der Waals surface area contributed by atoms with E-state index in [4.69, 9.17) is 0 Å². The van der Waals surface area contributed by atoms with Crippen molar-refractivity contribution in [3.05, 3.63) is 63.7 Å². The van der Waals surface area contributed by atoms with Crippen molar-refractivity contribution in [1.29, 1.82) is 0 Å². The second kappa shape index (κ2) is 9.17. The fourth-order valence-electron chi connectivity index (χ4n) is 2.77. The Morgan fingerprint density at radius 1 is 1.20 bits per heavy atom. The van der Waals surface area contributed by atoms with Gasteiger partial charge in [0.25, 0.3) is 0 Å². The molecule has 0 amide bonds. The van der Waals surface area contributed by atoms with E-state index in [-0.39, 0.29) is 0 Å². The van der Waals surface area contributed by atoms with Gasteiger partial charge in [0, 0.05) is 29.0 Å².